The number of nitrogens with one attached hydrogen (secondary N) is 1. The third-order valence-corrected chi connectivity index (χ3v) is 6.57. The van der Waals surface area contributed by atoms with E-state index in [4.69, 9.17) is 0 Å². The van der Waals surface area contributed by atoms with Gasteiger partial charge in [0.15, 0.2) is 0 Å². The molecular weight excluding hydrogens is 316 g/mol. The van der Waals surface area contributed by atoms with E-state index in [1.807, 2.05) is 0 Å². The predicted octanol–water partition coefficient (Wildman–Crippen LogP) is 6.61. The van der Waals surface area contributed by atoms with Gasteiger partial charge in [-0.2, -0.15) is 0 Å². The molecule has 2 aromatic carbocycles. The number of unbranched alkanes of at least 4 members (excludes halogenated alkanes) is 3. The van der Waals surface area contributed by atoms with Crippen molar-refractivity contribution in [1.29, 1.82) is 0 Å². The van der Waals surface area contributed by atoms with E-state index < -0.39 is 0 Å². The molecule has 0 saturated carbocycles. The minimum absolute atomic E-state index is 0.178. The van der Waals surface area contributed by atoms with Crippen molar-refractivity contribution in [3.8, 4) is 11.3 Å². The Bertz CT molecular complexity index is 938. The van der Waals surface area contributed by atoms with Gasteiger partial charge in [-0.25, -0.2) is 0 Å². The Morgan fingerprint density at radius 3 is 2.77 bits per heavy atom. The van der Waals surface area contributed by atoms with Crippen molar-refractivity contribution in [2.75, 3.05) is 11.4 Å². The largest absolute Gasteiger partial charge is 0.361 e. The van der Waals surface area contributed by atoms with Crippen LogP contribution in [0.25, 0.3) is 22.2 Å². The third-order valence-electron chi connectivity index (χ3n) is 6.57. The average Bonchev–Trinajstić information content (AvgIpc) is 3.28. The number of fused-ring (bicyclic) bond motifs is 8. The average molecular weight is 345 g/mol. The molecule has 2 nitrogen and oxygen atoms in total. The molecule has 1 atom stereocenters. The maximum Gasteiger partial charge on any atom is 0.0681 e. The van der Waals surface area contributed by atoms with Gasteiger partial charge in [-0.3, -0.25) is 0 Å². The molecule has 2 aliphatic heterocycles. The summed E-state index contributed by atoms with van der Waals surface area (Å²) in [6, 6.07) is 17.9. The summed E-state index contributed by atoms with van der Waals surface area (Å²) in [4.78, 5) is 6.53. The van der Waals surface area contributed by atoms with Crippen LogP contribution >= 0.6 is 0 Å². The summed E-state index contributed by atoms with van der Waals surface area (Å²) in [5, 5.41) is 1.43. The van der Waals surface area contributed by atoms with Crippen molar-refractivity contribution in [3.05, 3.63) is 54.1 Å². The van der Waals surface area contributed by atoms with Crippen LogP contribution in [0.3, 0.4) is 0 Å². The first-order chi connectivity index (χ1) is 12.8. The van der Waals surface area contributed by atoms with Crippen LogP contribution in [0.4, 0.5) is 5.69 Å². The van der Waals surface area contributed by atoms with Crippen LogP contribution in [-0.2, 0) is 5.54 Å². The molecule has 1 fully saturated rings. The number of hydrogen-bond donors (Lipinski definition) is 1. The molecule has 1 unspecified atom stereocenters. The summed E-state index contributed by atoms with van der Waals surface area (Å²) in [6.07, 6.45) is 9.18. The molecule has 0 spiro atoms. The Kier molecular flexibility index (Phi) is 3.81. The SMILES string of the molecule is CCCCCCC12CCCN1c1ccccc1-c1[nH]c3ccccc3c12. The number of aromatic nitrogens is 1. The number of hydrogen-bond acceptors (Lipinski definition) is 1. The fourth-order valence-corrected chi connectivity index (χ4v) is 5.47. The van der Waals surface area contributed by atoms with Crippen molar-refractivity contribution >= 4 is 16.6 Å². The Balaban J connectivity index is 1.72. The quantitative estimate of drug-likeness (QED) is 0.516. The Morgan fingerprint density at radius 2 is 1.85 bits per heavy atom. The highest BCUT2D eigenvalue weighted by molar-refractivity contribution is 5.97. The molecule has 0 amide bonds. The van der Waals surface area contributed by atoms with Crippen molar-refractivity contribution in [1.82, 2.24) is 4.98 Å². The highest BCUT2D eigenvalue weighted by Gasteiger charge is 2.48. The van der Waals surface area contributed by atoms with Crippen molar-refractivity contribution in [2.45, 2.75) is 57.4 Å². The second-order valence-electron chi connectivity index (χ2n) is 8.04. The third kappa shape index (κ3) is 2.17. The van der Waals surface area contributed by atoms with E-state index in [2.05, 4.69) is 65.3 Å². The van der Waals surface area contributed by atoms with Gasteiger partial charge < -0.3 is 9.88 Å². The highest BCUT2D eigenvalue weighted by Crippen LogP contribution is 2.56. The van der Waals surface area contributed by atoms with Crippen molar-refractivity contribution in [2.24, 2.45) is 0 Å². The van der Waals surface area contributed by atoms with E-state index in [9.17, 15) is 0 Å². The summed E-state index contributed by atoms with van der Waals surface area (Å²) in [5.74, 6) is 0. The fraction of sp³-hybridized carbons (Fsp3) is 0.417. The molecule has 3 heterocycles. The van der Waals surface area contributed by atoms with E-state index in [1.54, 1.807) is 5.56 Å². The lowest BCUT2D eigenvalue weighted by Crippen LogP contribution is -2.44. The van der Waals surface area contributed by atoms with E-state index in [0.29, 0.717) is 0 Å². The second kappa shape index (κ2) is 6.19. The maximum atomic E-state index is 3.78. The smallest absolute Gasteiger partial charge is 0.0681 e. The molecule has 1 aromatic heterocycles. The van der Waals surface area contributed by atoms with E-state index >= 15 is 0 Å². The van der Waals surface area contributed by atoms with Gasteiger partial charge in [-0.05, 0) is 31.4 Å². The van der Waals surface area contributed by atoms with Gasteiger partial charge in [0.2, 0.25) is 0 Å². The lowest BCUT2D eigenvalue weighted by atomic mass is 9.76. The zero-order valence-electron chi connectivity index (χ0n) is 15.7. The number of para-hydroxylation sites is 2. The molecule has 26 heavy (non-hydrogen) atoms. The minimum Gasteiger partial charge on any atom is -0.361 e. The first kappa shape index (κ1) is 16.0. The highest BCUT2D eigenvalue weighted by atomic mass is 15.2. The molecule has 0 radical (unpaired) electrons. The molecular formula is C24H28N2. The first-order valence-corrected chi connectivity index (χ1v) is 10.3. The summed E-state index contributed by atoms with van der Waals surface area (Å²) in [7, 11) is 0. The van der Waals surface area contributed by atoms with E-state index in [-0.39, 0.29) is 5.54 Å². The van der Waals surface area contributed by atoms with Crippen LogP contribution < -0.4 is 4.90 Å². The van der Waals surface area contributed by atoms with Crippen LogP contribution in [-0.4, -0.2) is 11.5 Å². The number of nitrogens with zero attached hydrogens (tertiary/aromatic N) is 1. The number of benzene rings is 2. The molecule has 134 valence electrons. The zero-order valence-corrected chi connectivity index (χ0v) is 15.7. The van der Waals surface area contributed by atoms with Crippen LogP contribution in [0.2, 0.25) is 0 Å². The molecule has 1 N–H and O–H groups in total. The lowest BCUT2D eigenvalue weighted by molar-refractivity contribution is 0.387. The van der Waals surface area contributed by atoms with Crippen LogP contribution in [0.1, 0.15) is 57.4 Å². The zero-order chi connectivity index (χ0) is 17.6. The molecule has 3 aromatic rings. The van der Waals surface area contributed by atoms with Gasteiger partial charge in [0.1, 0.15) is 0 Å². The summed E-state index contributed by atoms with van der Waals surface area (Å²) < 4.78 is 0. The van der Waals surface area contributed by atoms with Crippen molar-refractivity contribution < 1.29 is 0 Å². The van der Waals surface area contributed by atoms with Crippen LogP contribution in [0, 0.1) is 0 Å². The minimum atomic E-state index is 0.178. The Morgan fingerprint density at radius 1 is 1.00 bits per heavy atom. The summed E-state index contributed by atoms with van der Waals surface area (Å²) in [6.45, 7) is 3.48. The molecule has 2 aliphatic rings. The van der Waals surface area contributed by atoms with Gasteiger partial charge in [-0.1, -0.05) is 69.0 Å². The van der Waals surface area contributed by atoms with Gasteiger partial charge in [0, 0.05) is 34.3 Å². The van der Waals surface area contributed by atoms with E-state index in [1.165, 1.54) is 79.3 Å². The molecule has 0 bridgehead atoms. The van der Waals surface area contributed by atoms with Gasteiger partial charge in [0.25, 0.3) is 0 Å². The number of H-pyrrole nitrogens is 1. The number of aromatic amines is 1. The van der Waals surface area contributed by atoms with Gasteiger partial charge in [-0.15, -0.1) is 0 Å². The number of rotatable bonds is 5. The second-order valence-corrected chi connectivity index (χ2v) is 8.04. The Labute approximate surface area is 156 Å². The summed E-state index contributed by atoms with van der Waals surface area (Å²) in [5.41, 5.74) is 7.21. The fourth-order valence-electron chi connectivity index (χ4n) is 5.47. The van der Waals surface area contributed by atoms with Gasteiger partial charge in [0.05, 0.1) is 11.2 Å². The molecule has 1 saturated heterocycles. The van der Waals surface area contributed by atoms with E-state index in [0.717, 1.165) is 0 Å². The Hall–Kier alpha value is -2.22. The predicted molar refractivity (Wildman–Crippen MR) is 111 cm³/mol. The van der Waals surface area contributed by atoms with Crippen LogP contribution in [0.5, 0.6) is 0 Å². The molecule has 5 rings (SSSR count). The normalized spacial score (nSPS) is 20.9. The molecule has 2 heteroatoms. The topological polar surface area (TPSA) is 19.0 Å². The number of anilines is 1. The van der Waals surface area contributed by atoms with Gasteiger partial charge >= 0.3 is 0 Å². The standard InChI is InChI=1S/C24H28N2/c1-2-3-4-9-15-24-16-10-17-26(24)21-14-8-6-12-19(21)23-22(24)18-11-5-7-13-20(18)25-23/h5-8,11-14,25H,2-4,9-10,15-17H2,1H3. The van der Waals surface area contributed by atoms with Crippen molar-refractivity contribution in [3.63, 3.8) is 0 Å². The first-order valence-electron chi connectivity index (χ1n) is 10.3. The lowest BCUT2D eigenvalue weighted by Gasteiger charge is -2.45. The summed E-state index contributed by atoms with van der Waals surface area (Å²) >= 11 is 0. The molecule has 0 aliphatic carbocycles. The van der Waals surface area contributed by atoms with Crippen LogP contribution in [0.15, 0.2) is 48.5 Å². The maximum absolute atomic E-state index is 3.78. The monoisotopic (exact) mass is 344 g/mol.